The van der Waals surface area contributed by atoms with Gasteiger partial charge in [-0.05, 0) is 38.1 Å². The van der Waals surface area contributed by atoms with Crippen molar-refractivity contribution in [2.24, 2.45) is 0 Å². The van der Waals surface area contributed by atoms with Gasteiger partial charge in [0.2, 0.25) is 0 Å². The second-order valence-corrected chi connectivity index (χ2v) is 6.02. The van der Waals surface area contributed by atoms with Crippen molar-refractivity contribution in [3.05, 3.63) is 46.6 Å². The molecular weight excluding hydrogens is 328 g/mol. The number of Topliss-reactive ketones (excluding diaryl/α,β-unsaturated/α-hetero) is 2. The average Bonchev–Trinajstić information content (AvgIpc) is 2.54. The molecule has 24 heavy (non-hydrogen) atoms. The lowest BCUT2D eigenvalue weighted by molar-refractivity contribution is 0.101. The predicted molar refractivity (Wildman–Crippen MR) is 88.5 cm³/mol. The lowest BCUT2D eigenvalue weighted by Gasteiger charge is -2.08. The Hall–Kier alpha value is -2.85. The van der Waals surface area contributed by atoms with Gasteiger partial charge in [0.05, 0.1) is 11.3 Å². The molecule has 0 aliphatic heterocycles. The van der Waals surface area contributed by atoms with Crippen LogP contribution in [0.15, 0.2) is 29.3 Å². The molecule has 1 aromatic heterocycles. The van der Waals surface area contributed by atoms with Gasteiger partial charge in [-0.15, -0.1) is 0 Å². The number of benzene rings is 1. The van der Waals surface area contributed by atoms with Crippen LogP contribution in [0.5, 0.6) is 11.5 Å². The molecule has 0 saturated carbocycles. The molecule has 7 heteroatoms. The van der Waals surface area contributed by atoms with Gasteiger partial charge in [-0.1, -0.05) is 11.8 Å². The minimum absolute atomic E-state index is 0.00472. The van der Waals surface area contributed by atoms with Gasteiger partial charge in [-0.2, -0.15) is 5.26 Å². The molecule has 2 aromatic rings. The molecule has 0 amide bonds. The van der Waals surface area contributed by atoms with E-state index in [0.29, 0.717) is 16.3 Å². The monoisotopic (exact) mass is 342 g/mol. The number of ketones is 2. The van der Waals surface area contributed by atoms with Crippen molar-refractivity contribution >= 4 is 23.3 Å². The van der Waals surface area contributed by atoms with Gasteiger partial charge in [-0.25, -0.2) is 4.98 Å². The zero-order chi connectivity index (χ0) is 17.9. The van der Waals surface area contributed by atoms with E-state index in [1.54, 1.807) is 6.92 Å². The Kier molecular flexibility index (Phi) is 5.21. The van der Waals surface area contributed by atoms with E-state index >= 15 is 0 Å². The predicted octanol–water partition coefficient (Wildman–Crippen LogP) is 2.85. The lowest BCUT2D eigenvalue weighted by atomic mass is 10.1. The highest BCUT2D eigenvalue weighted by Gasteiger charge is 2.15. The van der Waals surface area contributed by atoms with Crippen LogP contribution >= 0.6 is 11.8 Å². The highest BCUT2D eigenvalue weighted by Crippen LogP contribution is 2.27. The third-order valence-electron chi connectivity index (χ3n) is 3.32. The Morgan fingerprint density at radius 3 is 2.54 bits per heavy atom. The first-order valence-electron chi connectivity index (χ1n) is 6.94. The van der Waals surface area contributed by atoms with Crippen molar-refractivity contribution in [1.29, 1.82) is 5.26 Å². The van der Waals surface area contributed by atoms with Crippen molar-refractivity contribution in [3.63, 3.8) is 0 Å². The molecule has 0 aliphatic rings. The Morgan fingerprint density at radius 2 is 1.96 bits per heavy atom. The second kappa shape index (κ2) is 7.15. The van der Waals surface area contributed by atoms with Crippen LogP contribution in [-0.4, -0.2) is 32.5 Å². The van der Waals surface area contributed by atoms with E-state index in [2.05, 4.69) is 4.98 Å². The molecule has 0 radical (unpaired) electrons. The van der Waals surface area contributed by atoms with E-state index in [4.69, 9.17) is 0 Å². The maximum absolute atomic E-state index is 12.2. The molecule has 0 fully saturated rings. The van der Waals surface area contributed by atoms with Gasteiger partial charge in [-0.3, -0.25) is 9.59 Å². The first-order chi connectivity index (χ1) is 11.3. The number of hydrogen-bond donors (Lipinski definition) is 2. The van der Waals surface area contributed by atoms with E-state index in [1.165, 1.54) is 31.2 Å². The van der Waals surface area contributed by atoms with Gasteiger partial charge in [0.15, 0.2) is 23.1 Å². The number of rotatable bonds is 5. The summed E-state index contributed by atoms with van der Waals surface area (Å²) < 4.78 is 0. The molecular formula is C17H14N2O4S. The minimum Gasteiger partial charge on any atom is -0.504 e. The van der Waals surface area contributed by atoms with Gasteiger partial charge < -0.3 is 10.2 Å². The van der Waals surface area contributed by atoms with Crippen LogP contribution in [0, 0.1) is 18.3 Å². The summed E-state index contributed by atoms with van der Waals surface area (Å²) in [5.41, 5.74) is 1.36. The van der Waals surface area contributed by atoms with Crippen LogP contribution in [0.3, 0.4) is 0 Å². The fourth-order valence-corrected chi connectivity index (χ4v) is 2.94. The van der Waals surface area contributed by atoms with Crippen LogP contribution in [0.1, 0.15) is 38.9 Å². The first-order valence-corrected chi connectivity index (χ1v) is 7.92. The van der Waals surface area contributed by atoms with Crippen molar-refractivity contribution in [1.82, 2.24) is 4.98 Å². The molecule has 0 bridgehead atoms. The topological polar surface area (TPSA) is 111 Å². The molecule has 0 spiro atoms. The normalized spacial score (nSPS) is 10.2. The lowest BCUT2D eigenvalue weighted by Crippen LogP contribution is -2.05. The summed E-state index contributed by atoms with van der Waals surface area (Å²) in [5, 5.41) is 28.3. The summed E-state index contributed by atoms with van der Waals surface area (Å²) in [6.45, 7) is 3.07. The highest BCUT2D eigenvalue weighted by atomic mass is 32.2. The first kappa shape index (κ1) is 17.5. The van der Waals surface area contributed by atoms with Crippen LogP contribution in [0.2, 0.25) is 0 Å². The molecule has 2 N–H and O–H groups in total. The van der Waals surface area contributed by atoms with E-state index < -0.39 is 0 Å². The number of carbonyl (C=O) groups excluding carboxylic acids is 2. The number of hydrogen-bond acceptors (Lipinski definition) is 7. The highest BCUT2D eigenvalue weighted by molar-refractivity contribution is 8.00. The van der Waals surface area contributed by atoms with E-state index in [-0.39, 0.29) is 39.9 Å². The average molecular weight is 342 g/mol. The number of nitrogens with zero attached hydrogens (tertiary/aromatic N) is 2. The Morgan fingerprint density at radius 1 is 1.25 bits per heavy atom. The molecule has 1 aromatic carbocycles. The number of nitriles is 1. The molecule has 0 unspecified atom stereocenters. The number of aromatic nitrogens is 1. The fourth-order valence-electron chi connectivity index (χ4n) is 2.04. The molecule has 122 valence electrons. The third-order valence-corrected chi connectivity index (χ3v) is 4.31. The van der Waals surface area contributed by atoms with Crippen LogP contribution in [-0.2, 0) is 0 Å². The summed E-state index contributed by atoms with van der Waals surface area (Å²) in [6, 6.07) is 7.27. The minimum atomic E-state index is -0.372. The van der Waals surface area contributed by atoms with Crippen molar-refractivity contribution in [2.45, 2.75) is 18.9 Å². The maximum Gasteiger partial charge on any atom is 0.173 e. The fraction of sp³-hybridized carbons (Fsp3) is 0.176. The Balaban J connectivity index is 2.21. The smallest absolute Gasteiger partial charge is 0.173 e. The second-order valence-electron chi connectivity index (χ2n) is 5.06. The Labute approximate surface area is 142 Å². The summed E-state index contributed by atoms with van der Waals surface area (Å²) >= 11 is 1.08. The standard InChI is InChI=1S/C17H14N2O4S/c1-9-13(10(2)20)5-12(7-18)17(19-9)24-8-16(23)11-3-4-14(21)15(22)6-11/h3-6,21-22H,8H2,1-2H3. The Bertz CT molecular complexity index is 872. The summed E-state index contributed by atoms with van der Waals surface area (Å²) in [6.07, 6.45) is 0. The number of phenolic OH excluding ortho intramolecular Hbond substituents is 2. The van der Waals surface area contributed by atoms with Crippen molar-refractivity contribution < 1.29 is 19.8 Å². The third kappa shape index (κ3) is 3.73. The van der Waals surface area contributed by atoms with Crippen molar-refractivity contribution in [2.75, 3.05) is 5.75 Å². The van der Waals surface area contributed by atoms with Crippen LogP contribution < -0.4 is 0 Å². The number of pyridine rings is 1. The molecule has 0 saturated heterocycles. The number of thioether (sulfide) groups is 1. The molecule has 1 heterocycles. The zero-order valence-electron chi connectivity index (χ0n) is 13.0. The molecule has 0 atom stereocenters. The summed E-state index contributed by atoms with van der Waals surface area (Å²) in [4.78, 5) is 27.9. The van der Waals surface area contributed by atoms with E-state index in [9.17, 15) is 25.1 Å². The zero-order valence-corrected chi connectivity index (χ0v) is 13.8. The van der Waals surface area contributed by atoms with Gasteiger partial charge in [0, 0.05) is 16.8 Å². The van der Waals surface area contributed by atoms with Gasteiger partial charge in [0.25, 0.3) is 0 Å². The molecule has 0 aliphatic carbocycles. The molecule has 6 nitrogen and oxygen atoms in total. The SMILES string of the molecule is CC(=O)c1cc(C#N)c(SCC(=O)c2ccc(O)c(O)c2)nc1C. The number of aromatic hydroxyl groups is 2. The van der Waals surface area contributed by atoms with E-state index in [0.717, 1.165) is 11.8 Å². The number of aryl methyl sites for hydroxylation is 1. The molecule has 2 rings (SSSR count). The van der Waals surface area contributed by atoms with Gasteiger partial charge in [0.1, 0.15) is 11.1 Å². The summed E-state index contributed by atoms with van der Waals surface area (Å²) in [7, 11) is 0. The van der Waals surface area contributed by atoms with Gasteiger partial charge >= 0.3 is 0 Å². The summed E-state index contributed by atoms with van der Waals surface area (Å²) in [5.74, 6) is -1.13. The number of phenols is 2. The van der Waals surface area contributed by atoms with Crippen LogP contribution in [0.25, 0.3) is 0 Å². The van der Waals surface area contributed by atoms with E-state index in [1.807, 2.05) is 6.07 Å². The van der Waals surface area contributed by atoms with Crippen LogP contribution in [0.4, 0.5) is 0 Å². The maximum atomic E-state index is 12.2. The van der Waals surface area contributed by atoms with Crippen molar-refractivity contribution in [3.8, 4) is 17.6 Å². The largest absolute Gasteiger partial charge is 0.504 e. The number of carbonyl (C=O) groups is 2. The quantitative estimate of drug-likeness (QED) is 0.488.